The summed E-state index contributed by atoms with van der Waals surface area (Å²) < 4.78 is 2.04. The Hall–Kier alpha value is -2.52. The van der Waals surface area contributed by atoms with E-state index in [9.17, 15) is 19.2 Å². The molecule has 0 N–H and O–H groups in total. The van der Waals surface area contributed by atoms with Crippen LogP contribution in [0.5, 0.6) is 0 Å². The molecule has 2 aromatic carbocycles. The molecule has 232 valence electrons. The van der Waals surface area contributed by atoms with Gasteiger partial charge in [-0.25, -0.2) is 0 Å². The number of carbonyl (C=O) groups excluding carboxylic acids is 4. The number of imide groups is 2. The van der Waals surface area contributed by atoms with Crippen molar-refractivity contribution < 1.29 is 19.2 Å². The maximum Gasteiger partial charge on any atom is 0.262 e. The van der Waals surface area contributed by atoms with Crippen molar-refractivity contribution in [3.05, 3.63) is 43.1 Å². The zero-order chi connectivity index (χ0) is 31.1. The van der Waals surface area contributed by atoms with Gasteiger partial charge in [0.15, 0.2) is 0 Å². The van der Waals surface area contributed by atoms with Gasteiger partial charge in [0.25, 0.3) is 23.6 Å². The number of fused-ring (bicyclic) bond motifs is 6. The van der Waals surface area contributed by atoms with Crippen LogP contribution in [0.3, 0.4) is 0 Å². The second-order valence-electron chi connectivity index (χ2n) is 11.9. The average molecular weight is 672 g/mol. The van der Waals surface area contributed by atoms with Gasteiger partial charge in [-0.2, -0.15) is 0 Å². The second-order valence-corrected chi connectivity index (χ2v) is 15.3. The van der Waals surface area contributed by atoms with E-state index >= 15 is 0 Å². The van der Waals surface area contributed by atoms with Crippen molar-refractivity contribution in [2.24, 2.45) is 0 Å². The minimum absolute atomic E-state index is 0.304. The maximum atomic E-state index is 14.2. The van der Waals surface area contributed by atoms with Gasteiger partial charge in [-0.05, 0) is 25.0 Å². The highest BCUT2D eigenvalue weighted by atomic mass is 35.5. The summed E-state index contributed by atoms with van der Waals surface area (Å²) in [5.74, 6) is -1.59. The molecule has 2 aromatic heterocycles. The molecular weight excluding hydrogens is 635 g/mol. The summed E-state index contributed by atoms with van der Waals surface area (Å²) in [7, 11) is 0. The lowest BCUT2D eigenvalue weighted by Gasteiger charge is -2.33. The number of amides is 4. The molecule has 4 aromatic rings. The van der Waals surface area contributed by atoms with Crippen LogP contribution in [0, 0.1) is 0 Å². The maximum absolute atomic E-state index is 14.2. The summed E-state index contributed by atoms with van der Waals surface area (Å²) in [5, 5.41) is 1.89. The van der Waals surface area contributed by atoms with E-state index in [0.29, 0.717) is 87.8 Å². The molecule has 4 heterocycles. The molecular formula is C34H36Cl2N2O4S2. The molecule has 0 atom stereocenters. The first kappa shape index (κ1) is 31.5. The lowest BCUT2D eigenvalue weighted by Crippen LogP contribution is -2.44. The third kappa shape index (κ3) is 5.25. The molecule has 10 heteroatoms. The van der Waals surface area contributed by atoms with E-state index in [1.165, 1.54) is 45.3 Å². The van der Waals surface area contributed by atoms with Crippen LogP contribution in [0.4, 0.5) is 0 Å². The Labute approximate surface area is 275 Å². The van der Waals surface area contributed by atoms with Crippen molar-refractivity contribution in [1.82, 2.24) is 9.80 Å². The Kier molecular flexibility index (Phi) is 9.35. The van der Waals surface area contributed by atoms with Crippen LogP contribution in [0.15, 0.2) is 12.1 Å². The first-order valence-electron chi connectivity index (χ1n) is 15.9. The highest BCUT2D eigenvalue weighted by Gasteiger charge is 2.44. The number of unbranched alkanes of at least 4 members (excludes halogenated alkanes) is 10. The van der Waals surface area contributed by atoms with E-state index in [4.69, 9.17) is 23.2 Å². The van der Waals surface area contributed by atoms with E-state index in [1.807, 2.05) is 0 Å². The molecule has 0 saturated carbocycles. The minimum Gasteiger partial charge on any atom is -0.274 e. The lowest BCUT2D eigenvalue weighted by molar-refractivity contribution is 0.0590. The second kappa shape index (κ2) is 13.1. The first-order chi connectivity index (χ1) is 21.3. The number of hydrogen-bond donors (Lipinski definition) is 0. The summed E-state index contributed by atoms with van der Waals surface area (Å²) >= 11 is 15.6. The van der Waals surface area contributed by atoms with Crippen LogP contribution in [0.25, 0.3) is 30.9 Å². The van der Waals surface area contributed by atoms with E-state index < -0.39 is 23.6 Å². The molecule has 0 saturated heterocycles. The predicted molar refractivity (Wildman–Crippen MR) is 182 cm³/mol. The minimum atomic E-state index is -0.399. The molecule has 6 nitrogen and oxygen atoms in total. The molecule has 0 radical (unpaired) electrons. The first-order valence-corrected chi connectivity index (χ1v) is 18.2. The van der Waals surface area contributed by atoms with Crippen LogP contribution in [-0.4, -0.2) is 46.5 Å². The summed E-state index contributed by atoms with van der Waals surface area (Å²) in [5.41, 5.74) is 1.40. The van der Waals surface area contributed by atoms with Crippen LogP contribution >= 0.6 is 45.9 Å². The van der Waals surface area contributed by atoms with Crippen LogP contribution in [-0.2, 0) is 0 Å². The zero-order valence-corrected chi connectivity index (χ0v) is 28.3. The molecule has 2 aliphatic heterocycles. The Bertz CT molecular complexity index is 1590. The predicted octanol–water partition coefficient (Wildman–Crippen LogP) is 10.5. The number of carbonyl (C=O) groups is 4. The van der Waals surface area contributed by atoms with Crippen molar-refractivity contribution in [2.45, 2.75) is 90.9 Å². The molecule has 2 aliphatic rings. The monoisotopic (exact) mass is 670 g/mol. The summed E-state index contributed by atoms with van der Waals surface area (Å²) in [4.78, 5) is 59.5. The Morgan fingerprint density at radius 1 is 0.523 bits per heavy atom. The molecule has 4 amide bonds. The average Bonchev–Trinajstić information content (AvgIpc) is 3.57. The number of benzene rings is 2. The lowest BCUT2D eigenvalue weighted by atomic mass is 9.82. The topological polar surface area (TPSA) is 74.8 Å². The summed E-state index contributed by atoms with van der Waals surface area (Å²) in [6, 6.07) is 3.45. The zero-order valence-electron chi connectivity index (χ0n) is 25.2. The van der Waals surface area contributed by atoms with Gasteiger partial charge >= 0.3 is 0 Å². The molecule has 0 aliphatic carbocycles. The molecule has 44 heavy (non-hydrogen) atoms. The smallest absolute Gasteiger partial charge is 0.262 e. The largest absolute Gasteiger partial charge is 0.274 e. The Morgan fingerprint density at radius 3 is 1.25 bits per heavy atom. The molecule has 0 fully saturated rings. The van der Waals surface area contributed by atoms with Gasteiger partial charge in [0.05, 0.1) is 40.3 Å². The van der Waals surface area contributed by atoms with E-state index in [0.717, 1.165) is 51.4 Å². The summed E-state index contributed by atoms with van der Waals surface area (Å²) in [6.45, 7) is 4.95. The van der Waals surface area contributed by atoms with Gasteiger partial charge in [0, 0.05) is 34.6 Å². The Morgan fingerprint density at radius 2 is 0.864 bits per heavy atom. The van der Waals surface area contributed by atoms with Crippen molar-refractivity contribution in [1.29, 1.82) is 0 Å². The quantitative estimate of drug-likeness (QED) is 0.0988. The van der Waals surface area contributed by atoms with Gasteiger partial charge < -0.3 is 0 Å². The molecule has 6 rings (SSSR count). The fourth-order valence-electron chi connectivity index (χ4n) is 6.79. The highest BCUT2D eigenvalue weighted by molar-refractivity contribution is 7.24. The standard InChI is InChI=1S/C34H36Cl2N2O4S2/c1-3-5-7-9-11-13-15-37-31(39)23-19-17-21(35)44-30(19)28-26-24(20-18-22(36)43-29(20)27(25(23)26)33(37)41)32(40)38(34(28)42)16-14-12-10-8-6-4-2/h17-18H,3-16H2,1-2H3. The van der Waals surface area contributed by atoms with Gasteiger partial charge in [-0.3, -0.25) is 29.0 Å². The van der Waals surface area contributed by atoms with Crippen LogP contribution in [0.1, 0.15) is 132 Å². The van der Waals surface area contributed by atoms with Crippen molar-refractivity contribution in [2.75, 3.05) is 13.1 Å². The van der Waals surface area contributed by atoms with Crippen molar-refractivity contribution in [3.63, 3.8) is 0 Å². The highest BCUT2D eigenvalue weighted by Crippen LogP contribution is 2.51. The number of nitrogens with zero attached hydrogens (tertiary/aromatic N) is 2. The van der Waals surface area contributed by atoms with E-state index in [2.05, 4.69) is 13.8 Å². The SMILES string of the molecule is CCCCCCCCN1C(=O)c2c3cc(Cl)sc3c3c4c(c5cc(Cl)sc5c(c24)C1=O)C(=O)N(CCCCCCCC)C3=O. The fraction of sp³-hybridized carbons (Fsp3) is 0.471. The summed E-state index contributed by atoms with van der Waals surface area (Å²) in [6.07, 6.45) is 12.3. The van der Waals surface area contributed by atoms with Gasteiger partial charge in [0.2, 0.25) is 0 Å². The number of hydrogen-bond acceptors (Lipinski definition) is 6. The molecule has 0 spiro atoms. The fourth-order valence-corrected chi connectivity index (χ4v) is 9.34. The number of rotatable bonds is 14. The van der Waals surface area contributed by atoms with Crippen LogP contribution < -0.4 is 0 Å². The van der Waals surface area contributed by atoms with Crippen LogP contribution in [0.2, 0.25) is 8.67 Å². The van der Waals surface area contributed by atoms with Gasteiger partial charge in [0.1, 0.15) is 0 Å². The van der Waals surface area contributed by atoms with Gasteiger partial charge in [-0.15, -0.1) is 22.7 Å². The third-order valence-electron chi connectivity index (χ3n) is 8.95. The van der Waals surface area contributed by atoms with Crippen molar-refractivity contribution >= 4 is 100 Å². The molecule has 0 unspecified atom stereocenters. The number of thiophene rings is 2. The van der Waals surface area contributed by atoms with E-state index in [-0.39, 0.29) is 0 Å². The third-order valence-corrected chi connectivity index (χ3v) is 11.5. The number of halogens is 2. The van der Waals surface area contributed by atoms with E-state index in [1.54, 1.807) is 12.1 Å². The van der Waals surface area contributed by atoms with Gasteiger partial charge in [-0.1, -0.05) is 101 Å². The normalized spacial score (nSPS) is 14.8. The van der Waals surface area contributed by atoms with Crippen molar-refractivity contribution in [3.8, 4) is 0 Å². The Balaban J connectivity index is 1.50. The molecule has 0 bridgehead atoms.